The molecule has 1 amide bonds. The number of carbonyl (C=O) groups excluding carboxylic acids is 1. The van der Waals surface area contributed by atoms with Crippen molar-refractivity contribution in [3.63, 3.8) is 0 Å². The number of amides is 1. The summed E-state index contributed by atoms with van der Waals surface area (Å²) in [4.78, 5) is 12.7. The summed E-state index contributed by atoms with van der Waals surface area (Å²) in [6, 6.07) is 10.1. The topological polar surface area (TPSA) is 75.3 Å². The van der Waals surface area contributed by atoms with Crippen LogP contribution < -0.4 is 10.0 Å². The minimum absolute atomic E-state index is 0.0617. The smallest absolute Gasteiger partial charge is 0.226 e. The average Bonchev–Trinajstić information content (AvgIpc) is 3.34. The zero-order chi connectivity index (χ0) is 17.9. The molecule has 1 aromatic carbocycles. The van der Waals surface area contributed by atoms with E-state index in [2.05, 4.69) is 22.2 Å². The van der Waals surface area contributed by atoms with E-state index >= 15 is 0 Å². The Bertz CT molecular complexity index is 699. The van der Waals surface area contributed by atoms with Crippen LogP contribution in [0.15, 0.2) is 30.3 Å². The SMILES string of the molecule is CS(=O)(=O)NC1CCCCC1CNC(=O)C1(Cc2ccccc2)CC1. The maximum atomic E-state index is 12.7. The van der Waals surface area contributed by atoms with Crippen molar-refractivity contribution in [2.45, 2.75) is 51.0 Å². The van der Waals surface area contributed by atoms with Gasteiger partial charge in [0.15, 0.2) is 0 Å². The number of sulfonamides is 1. The lowest BCUT2D eigenvalue weighted by atomic mass is 9.85. The van der Waals surface area contributed by atoms with Crippen molar-refractivity contribution >= 4 is 15.9 Å². The maximum Gasteiger partial charge on any atom is 0.226 e. The summed E-state index contributed by atoms with van der Waals surface area (Å²) in [5.74, 6) is 0.306. The fraction of sp³-hybridized carbons (Fsp3) is 0.632. The summed E-state index contributed by atoms with van der Waals surface area (Å²) in [6.45, 7) is 0.558. The highest BCUT2D eigenvalue weighted by Crippen LogP contribution is 2.48. The Hall–Kier alpha value is -1.40. The summed E-state index contributed by atoms with van der Waals surface area (Å²) in [5, 5.41) is 3.12. The number of rotatable bonds is 7. The van der Waals surface area contributed by atoms with Crippen LogP contribution in [-0.2, 0) is 21.2 Å². The second kappa shape index (κ2) is 7.46. The van der Waals surface area contributed by atoms with Crippen LogP contribution in [0.2, 0.25) is 0 Å². The first-order valence-corrected chi connectivity index (χ1v) is 11.1. The number of hydrogen-bond donors (Lipinski definition) is 2. The van der Waals surface area contributed by atoms with E-state index in [1.54, 1.807) is 0 Å². The van der Waals surface area contributed by atoms with Crippen molar-refractivity contribution in [1.82, 2.24) is 10.0 Å². The zero-order valence-corrected chi connectivity index (χ0v) is 15.6. The third-order valence-electron chi connectivity index (χ3n) is 5.52. The highest BCUT2D eigenvalue weighted by atomic mass is 32.2. The van der Waals surface area contributed by atoms with E-state index in [1.165, 1.54) is 11.8 Å². The highest BCUT2D eigenvalue weighted by Gasteiger charge is 2.49. The predicted molar refractivity (Wildman–Crippen MR) is 98.5 cm³/mol. The summed E-state index contributed by atoms with van der Waals surface area (Å²) >= 11 is 0. The van der Waals surface area contributed by atoms with Gasteiger partial charge in [0.1, 0.15) is 0 Å². The highest BCUT2D eigenvalue weighted by molar-refractivity contribution is 7.88. The van der Waals surface area contributed by atoms with Gasteiger partial charge in [-0.2, -0.15) is 0 Å². The monoisotopic (exact) mass is 364 g/mol. The minimum Gasteiger partial charge on any atom is -0.355 e. The number of nitrogens with one attached hydrogen (secondary N) is 2. The van der Waals surface area contributed by atoms with Crippen molar-refractivity contribution in [1.29, 1.82) is 0 Å². The molecule has 1 aromatic rings. The Morgan fingerprint density at radius 3 is 2.48 bits per heavy atom. The first-order valence-electron chi connectivity index (χ1n) is 9.18. The Morgan fingerprint density at radius 2 is 1.84 bits per heavy atom. The van der Waals surface area contributed by atoms with E-state index in [0.717, 1.165) is 44.9 Å². The molecule has 138 valence electrons. The van der Waals surface area contributed by atoms with Crippen LogP contribution in [0.4, 0.5) is 0 Å². The van der Waals surface area contributed by atoms with Crippen LogP contribution in [0.25, 0.3) is 0 Å². The van der Waals surface area contributed by atoms with Gasteiger partial charge in [-0.25, -0.2) is 13.1 Å². The molecule has 2 N–H and O–H groups in total. The van der Waals surface area contributed by atoms with Crippen LogP contribution in [0, 0.1) is 11.3 Å². The molecular weight excluding hydrogens is 336 g/mol. The standard InChI is InChI=1S/C19H28N2O3S/c1-25(23,24)21-17-10-6-5-9-16(17)14-20-18(22)19(11-12-19)13-15-7-3-2-4-8-15/h2-4,7-8,16-17,21H,5-6,9-14H2,1H3,(H,20,22). The molecule has 6 heteroatoms. The molecule has 2 atom stereocenters. The summed E-state index contributed by atoms with van der Waals surface area (Å²) in [5.41, 5.74) is 0.944. The normalized spacial score (nSPS) is 25.3. The fourth-order valence-corrected chi connectivity index (χ4v) is 4.78. The molecule has 2 aliphatic rings. The first-order chi connectivity index (χ1) is 11.9. The summed E-state index contributed by atoms with van der Waals surface area (Å²) in [7, 11) is -3.21. The number of hydrogen-bond acceptors (Lipinski definition) is 3. The van der Waals surface area contributed by atoms with Gasteiger partial charge < -0.3 is 5.32 Å². The second-order valence-corrected chi connectivity index (χ2v) is 9.47. The van der Waals surface area contributed by atoms with Crippen LogP contribution >= 0.6 is 0 Å². The largest absolute Gasteiger partial charge is 0.355 e. The quantitative estimate of drug-likeness (QED) is 0.779. The van der Waals surface area contributed by atoms with E-state index in [1.807, 2.05) is 18.2 Å². The molecule has 5 nitrogen and oxygen atoms in total. The van der Waals surface area contributed by atoms with Crippen molar-refractivity contribution in [3.8, 4) is 0 Å². The molecule has 2 saturated carbocycles. The van der Waals surface area contributed by atoms with Gasteiger partial charge in [0.2, 0.25) is 15.9 Å². The van der Waals surface area contributed by atoms with E-state index in [-0.39, 0.29) is 23.3 Å². The van der Waals surface area contributed by atoms with Gasteiger partial charge in [-0.15, -0.1) is 0 Å². The minimum atomic E-state index is -3.21. The first kappa shape index (κ1) is 18.4. The third kappa shape index (κ3) is 5.05. The van der Waals surface area contributed by atoms with Gasteiger partial charge in [0.05, 0.1) is 11.7 Å². The van der Waals surface area contributed by atoms with Gasteiger partial charge in [0, 0.05) is 12.6 Å². The molecule has 2 aliphatic carbocycles. The van der Waals surface area contributed by atoms with Crippen molar-refractivity contribution < 1.29 is 13.2 Å². The van der Waals surface area contributed by atoms with E-state index in [9.17, 15) is 13.2 Å². The molecule has 0 heterocycles. The third-order valence-corrected chi connectivity index (χ3v) is 6.25. The molecule has 0 aromatic heterocycles. The van der Waals surface area contributed by atoms with Crippen molar-refractivity contribution in [2.24, 2.45) is 11.3 Å². The van der Waals surface area contributed by atoms with E-state index < -0.39 is 10.0 Å². The molecule has 0 saturated heterocycles. The van der Waals surface area contributed by atoms with Crippen LogP contribution in [0.1, 0.15) is 44.1 Å². The molecule has 3 rings (SSSR count). The maximum absolute atomic E-state index is 12.7. The lowest BCUT2D eigenvalue weighted by molar-refractivity contribution is -0.126. The molecular formula is C19H28N2O3S. The van der Waals surface area contributed by atoms with Gasteiger partial charge in [0.25, 0.3) is 0 Å². The van der Waals surface area contributed by atoms with Gasteiger partial charge in [-0.3, -0.25) is 4.79 Å². The predicted octanol–water partition coefficient (Wildman–Crippen LogP) is 2.23. The Labute approximate surface area is 150 Å². The molecule has 0 aliphatic heterocycles. The molecule has 0 radical (unpaired) electrons. The van der Waals surface area contributed by atoms with E-state index in [0.29, 0.717) is 6.54 Å². The van der Waals surface area contributed by atoms with Crippen molar-refractivity contribution in [3.05, 3.63) is 35.9 Å². The Morgan fingerprint density at radius 1 is 1.16 bits per heavy atom. The summed E-state index contributed by atoms with van der Waals surface area (Å²) < 4.78 is 25.9. The molecule has 2 fully saturated rings. The molecule has 0 spiro atoms. The van der Waals surface area contributed by atoms with Gasteiger partial charge >= 0.3 is 0 Å². The Kier molecular flexibility index (Phi) is 5.49. The second-order valence-electron chi connectivity index (χ2n) is 7.69. The summed E-state index contributed by atoms with van der Waals surface area (Å²) in [6.07, 6.45) is 7.80. The molecule has 0 bridgehead atoms. The van der Waals surface area contributed by atoms with Gasteiger partial charge in [-0.05, 0) is 43.6 Å². The lowest BCUT2D eigenvalue weighted by Crippen LogP contribution is -2.47. The lowest BCUT2D eigenvalue weighted by Gasteiger charge is -2.32. The molecule has 2 unspecified atom stereocenters. The number of benzene rings is 1. The van der Waals surface area contributed by atoms with Crippen LogP contribution in [0.3, 0.4) is 0 Å². The molecule has 25 heavy (non-hydrogen) atoms. The van der Waals surface area contributed by atoms with Crippen molar-refractivity contribution in [2.75, 3.05) is 12.8 Å². The van der Waals surface area contributed by atoms with Gasteiger partial charge in [-0.1, -0.05) is 43.2 Å². The fourth-order valence-electron chi connectivity index (χ4n) is 3.92. The van der Waals surface area contributed by atoms with Crippen LogP contribution in [0.5, 0.6) is 0 Å². The van der Waals surface area contributed by atoms with E-state index in [4.69, 9.17) is 0 Å². The number of carbonyl (C=O) groups is 1. The van der Waals surface area contributed by atoms with Crippen LogP contribution in [-0.4, -0.2) is 33.2 Å². The zero-order valence-electron chi connectivity index (χ0n) is 14.8. The Balaban J connectivity index is 1.55. The average molecular weight is 365 g/mol.